The third-order valence-corrected chi connectivity index (χ3v) is 4.18. The minimum Gasteiger partial charge on any atom is -0.448 e. The molecular weight excluding hydrogens is 310 g/mol. The summed E-state index contributed by atoms with van der Waals surface area (Å²) in [5.74, 6) is 0.834. The highest BCUT2D eigenvalue weighted by Crippen LogP contribution is 2.34. The summed E-state index contributed by atoms with van der Waals surface area (Å²) in [5.41, 5.74) is 1.21. The Bertz CT molecular complexity index is 494. The normalized spacial score (nSPS) is 13.0. The lowest BCUT2D eigenvalue weighted by Crippen LogP contribution is -2.17. The maximum absolute atomic E-state index is 5.79. The summed E-state index contributed by atoms with van der Waals surface area (Å²) in [7, 11) is 1.91. The van der Waals surface area contributed by atoms with Gasteiger partial charge in [0.05, 0.1) is 9.83 Å². The van der Waals surface area contributed by atoms with E-state index in [2.05, 4.69) is 34.2 Å². The van der Waals surface area contributed by atoms with Crippen molar-refractivity contribution in [2.45, 2.75) is 13.0 Å². The Hall–Kier alpha value is -0.290. The lowest BCUT2D eigenvalue weighted by Gasteiger charge is -2.13. The van der Waals surface area contributed by atoms with Gasteiger partial charge in [0, 0.05) is 4.88 Å². The van der Waals surface area contributed by atoms with E-state index in [1.807, 2.05) is 13.1 Å². The summed E-state index contributed by atoms with van der Waals surface area (Å²) >= 11 is 11.0. The van der Waals surface area contributed by atoms with Crippen molar-refractivity contribution < 1.29 is 4.42 Å². The zero-order chi connectivity index (χ0) is 11.7. The molecule has 5 heteroatoms. The van der Waals surface area contributed by atoms with Gasteiger partial charge in [0.2, 0.25) is 0 Å². The van der Waals surface area contributed by atoms with E-state index >= 15 is 0 Å². The number of hydrogen-bond acceptors (Lipinski definition) is 3. The van der Waals surface area contributed by atoms with Crippen molar-refractivity contribution in [3.63, 3.8) is 0 Å². The molecule has 2 nitrogen and oxygen atoms in total. The zero-order valence-corrected chi connectivity index (χ0v) is 12.0. The quantitative estimate of drug-likeness (QED) is 0.908. The molecule has 0 aromatic carbocycles. The molecule has 0 saturated heterocycles. The molecule has 0 aliphatic rings. The third-order valence-electron chi connectivity index (χ3n) is 2.40. The Morgan fingerprint density at radius 1 is 1.50 bits per heavy atom. The summed E-state index contributed by atoms with van der Waals surface area (Å²) < 4.78 is 6.57. The number of aryl methyl sites for hydroxylation is 1. The Morgan fingerprint density at radius 2 is 2.25 bits per heavy atom. The Labute approximate surface area is 112 Å². The fourth-order valence-electron chi connectivity index (χ4n) is 1.68. The first kappa shape index (κ1) is 12.2. The smallest absolute Gasteiger partial charge is 0.193 e. The van der Waals surface area contributed by atoms with Crippen molar-refractivity contribution in [2.24, 2.45) is 0 Å². The SMILES string of the molecule is CNC(c1ccc(Cl)o1)c1cc(Br)sc1C. The molecule has 0 aliphatic heterocycles. The Morgan fingerprint density at radius 3 is 2.69 bits per heavy atom. The van der Waals surface area contributed by atoms with Crippen LogP contribution in [0, 0.1) is 6.92 Å². The molecule has 86 valence electrons. The fourth-order valence-corrected chi connectivity index (χ4v) is 3.58. The molecular formula is C11H11BrClNOS. The number of hydrogen-bond donors (Lipinski definition) is 1. The highest BCUT2D eigenvalue weighted by Gasteiger charge is 2.19. The maximum Gasteiger partial charge on any atom is 0.193 e. The van der Waals surface area contributed by atoms with Crippen LogP contribution >= 0.6 is 38.9 Å². The first-order valence-corrected chi connectivity index (χ1v) is 6.79. The van der Waals surface area contributed by atoms with Gasteiger partial charge in [-0.15, -0.1) is 11.3 Å². The summed E-state index contributed by atoms with van der Waals surface area (Å²) in [6, 6.07) is 5.82. The van der Waals surface area contributed by atoms with Gasteiger partial charge in [0.1, 0.15) is 5.76 Å². The predicted octanol–water partition coefficient (Wildman–Crippen LogP) is 4.37. The second-order valence-electron chi connectivity index (χ2n) is 3.43. The maximum atomic E-state index is 5.79. The van der Waals surface area contributed by atoms with Crippen LogP contribution in [0.25, 0.3) is 0 Å². The molecule has 0 saturated carbocycles. The van der Waals surface area contributed by atoms with Crippen molar-refractivity contribution in [3.05, 3.63) is 43.4 Å². The van der Waals surface area contributed by atoms with Gasteiger partial charge in [-0.1, -0.05) is 0 Å². The van der Waals surface area contributed by atoms with Crippen LogP contribution in [0.5, 0.6) is 0 Å². The van der Waals surface area contributed by atoms with Crippen molar-refractivity contribution in [1.82, 2.24) is 5.32 Å². The summed E-state index contributed by atoms with van der Waals surface area (Å²) in [4.78, 5) is 1.26. The molecule has 0 radical (unpaired) electrons. The molecule has 2 rings (SSSR count). The highest BCUT2D eigenvalue weighted by molar-refractivity contribution is 9.11. The molecule has 0 amide bonds. The minimum absolute atomic E-state index is 0.0510. The average molecular weight is 321 g/mol. The minimum atomic E-state index is 0.0510. The Balaban J connectivity index is 2.40. The number of rotatable bonds is 3. The van der Waals surface area contributed by atoms with Crippen molar-refractivity contribution >= 4 is 38.9 Å². The van der Waals surface area contributed by atoms with E-state index in [9.17, 15) is 0 Å². The van der Waals surface area contributed by atoms with Crippen LogP contribution in [-0.4, -0.2) is 7.05 Å². The first-order chi connectivity index (χ1) is 7.61. The van der Waals surface area contributed by atoms with E-state index < -0.39 is 0 Å². The molecule has 0 spiro atoms. The molecule has 2 aromatic rings. The summed E-state index contributed by atoms with van der Waals surface area (Å²) in [6.07, 6.45) is 0. The van der Waals surface area contributed by atoms with Crippen molar-refractivity contribution in [1.29, 1.82) is 0 Å². The number of thiophene rings is 1. The number of furan rings is 1. The van der Waals surface area contributed by atoms with Gasteiger partial charge in [-0.05, 0) is 65.3 Å². The largest absolute Gasteiger partial charge is 0.448 e. The molecule has 1 unspecified atom stereocenters. The second-order valence-corrected chi connectivity index (χ2v) is 6.43. The van der Waals surface area contributed by atoms with Gasteiger partial charge in [0.25, 0.3) is 0 Å². The molecule has 2 aromatic heterocycles. The monoisotopic (exact) mass is 319 g/mol. The summed E-state index contributed by atoms with van der Waals surface area (Å²) in [5, 5.41) is 3.65. The van der Waals surface area contributed by atoms with Crippen LogP contribution in [0.1, 0.15) is 22.2 Å². The lowest BCUT2D eigenvalue weighted by atomic mass is 10.1. The molecule has 0 aliphatic carbocycles. The number of nitrogens with one attached hydrogen (secondary N) is 1. The van der Waals surface area contributed by atoms with Gasteiger partial charge in [0.15, 0.2) is 5.22 Å². The van der Waals surface area contributed by atoms with Crippen LogP contribution < -0.4 is 5.32 Å². The van der Waals surface area contributed by atoms with Gasteiger partial charge < -0.3 is 9.73 Å². The molecule has 1 N–H and O–H groups in total. The van der Waals surface area contributed by atoms with Crippen molar-refractivity contribution in [2.75, 3.05) is 7.05 Å². The van der Waals surface area contributed by atoms with Gasteiger partial charge in [-0.25, -0.2) is 0 Å². The van der Waals surface area contributed by atoms with Gasteiger partial charge in [-0.3, -0.25) is 0 Å². The van der Waals surface area contributed by atoms with E-state index in [0.29, 0.717) is 5.22 Å². The molecule has 2 heterocycles. The molecule has 16 heavy (non-hydrogen) atoms. The highest BCUT2D eigenvalue weighted by atomic mass is 79.9. The van der Waals surface area contributed by atoms with Gasteiger partial charge in [-0.2, -0.15) is 0 Å². The van der Waals surface area contributed by atoms with E-state index in [4.69, 9.17) is 16.0 Å². The van der Waals surface area contributed by atoms with E-state index in [1.54, 1.807) is 17.4 Å². The first-order valence-electron chi connectivity index (χ1n) is 4.80. The molecule has 0 fully saturated rings. The second kappa shape index (κ2) is 4.92. The topological polar surface area (TPSA) is 25.2 Å². The van der Waals surface area contributed by atoms with Crippen molar-refractivity contribution in [3.8, 4) is 0 Å². The van der Waals surface area contributed by atoms with Crippen LogP contribution in [0.15, 0.2) is 26.4 Å². The Kier molecular flexibility index (Phi) is 3.74. The molecule has 1 atom stereocenters. The van der Waals surface area contributed by atoms with E-state index in [0.717, 1.165) is 9.55 Å². The lowest BCUT2D eigenvalue weighted by molar-refractivity contribution is 0.464. The zero-order valence-electron chi connectivity index (χ0n) is 8.88. The molecule has 0 bridgehead atoms. The third kappa shape index (κ3) is 2.35. The standard InChI is InChI=1S/C11H11BrClNOS/c1-6-7(5-9(12)16-6)11(14-2)8-3-4-10(13)15-8/h3-5,11,14H,1-2H3. The van der Waals surface area contributed by atoms with Gasteiger partial charge >= 0.3 is 0 Å². The fraction of sp³-hybridized carbons (Fsp3) is 0.273. The number of halogens is 2. The van der Waals surface area contributed by atoms with Crippen LogP contribution in [-0.2, 0) is 0 Å². The summed E-state index contributed by atoms with van der Waals surface area (Å²) in [6.45, 7) is 2.10. The predicted molar refractivity (Wildman–Crippen MR) is 71.4 cm³/mol. The van der Waals surface area contributed by atoms with E-state index in [-0.39, 0.29) is 6.04 Å². The average Bonchev–Trinajstić information content (AvgIpc) is 2.76. The van der Waals surface area contributed by atoms with Crippen LogP contribution in [0.2, 0.25) is 5.22 Å². The van der Waals surface area contributed by atoms with Crippen LogP contribution in [0.4, 0.5) is 0 Å². The van der Waals surface area contributed by atoms with E-state index in [1.165, 1.54) is 10.4 Å². The van der Waals surface area contributed by atoms with Crippen LogP contribution in [0.3, 0.4) is 0 Å².